The molecule has 0 radical (unpaired) electrons. The van der Waals surface area contributed by atoms with Crippen molar-refractivity contribution < 1.29 is 19.0 Å². The minimum atomic E-state index is -1.07. The van der Waals surface area contributed by atoms with Gasteiger partial charge in [-0.15, -0.1) is 0 Å². The fraction of sp³-hybridized carbons (Fsp3) is 0.231. The standard InChI is InChI=1S/C13H13FN2O3/c1-8(2)16-11(12(17)18)7-15-13(16)19-10-5-3-9(14)4-6-10/h3-8H,1-2H3,(H,17,18). The number of carbonyl (C=O) groups is 1. The zero-order valence-electron chi connectivity index (χ0n) is 10.5. The van der Waals surface area contributed by atoms with Crippen LogP contribution in [-0.4, -0.2) is 20.6 Å². The van der Waals surface area contributed by atoms with Crippen LogP contribution in [0.3, 0.4) is 0 Å². The number of hydrogen-bond acceptors (Lipinski definition) is 3. The first-order valence-corrected chi connectivity index (χ1v) is 5.73. The number of carboxylic acids is 1. The van der Waals surface area contributed by atoms with E-state index in [0.29, 0.717) is 5.75 Å². The molecule has 2 rings (SSSR count). The Balaban J connectivity index is 2.35. The van der Waals surface area contributed by atoms with Crippen LogP contribution in [0.1, 0.15) is 30.4 Å². The second-order valence-electron chi connectivity index (χ2n) is 4.25. The fourth-order valence-electron chi connectivity index (χ4n) is 1.68. The molecule has 0 aliphatic carbocycles. The van der Waals surface area contributed by atoms with E-state index in [1.807, 2.05) is 13.8 Å². The summed E-state index contributed by atoms with van der Waals surface area (Å²) < 4.78 is 19.7. The van der Waals surface area contributed by atoms with E-state index in [1.165, 1.54) is 35.0 Å². The summed E-state index contributed by atoms with van der Waals surface area (Å²) in [6.45, 7) is 3.65. The summed E-state index contributed by atoms with van der Waals surface area (Å²) in [4.78, 5) is 15.0. The Bertz CT molecular complexity index is 590. The van der Waals surface area contributed by atoms with Crippen LogP contribution in [0.5, 0.6) is 11.8 Å². The maximum absolute atomic E-state index is 12.8. The highest BCUT2D eigenvalue weighted by Gasteiger charge is 2.19. The summed E-state index contributed by atoms with van der Waals surface area (Å²) in [5.74, 6) is -1.05. The molecule has 5 nitrogen and oxygen atoms in total. The predicted octanol–water partition coefficient (Wildman–Crippen LogP) is 3.09. The second kappa shape index (κ2) is 5.09. The zero-order valence-corrected chi connectivity index (χ0v) is 10.5. The molecule has 0 amide bonds. The highest BCUT2D eigenvalue weighted by molar-refractivity contribution is 5.85. The third-order valence-electron chi connectivity index (χ3n) is 2.52. The molecule has 0 unspecified atom stereocenters. The van der Waals surface area contributed by atoms with E-state index in [-0.39, 0.29) is 23.6 Å². The third kappa shape index (κ3) is 2.73. The average molecular weight is 264 g/mol. The monoisotopic (exact) mass is 264 g/mol. The quantitative estimate of drug-likeness (QED) is 0.921. The van der Waals surface area contributed by atoms with Crippen molar-refractivity contribution in [1.82, 2.24) is 9.55 Å². The molecule has 100 valence electrons. The highest BCUT2D eigenvalue weighted by Crippen LogP contribution is 2.25. The van der Waals surface area contributed by atoms with E-state index < -0.39 is 5.97 Å². The summed E-state index contributed by atoms with van der Waals surface area (Å²) in [5.41, 5.74) is 0.0483. The number of aromatic nitrogens is 2. The van der Waals surface area contributed by atoms with Crippen LogP contribution in [0, 0.1) is 5.82 Å². The summed E-state index contributed by atoms with van der Waals surface area (Å²) in [5, 5.41) is 9.06. The van der Waals surface area contributed by atoms with Crippen LogP contribution >= 0.6 is 0 Å². The first-order valence-electron chi connectivity index (χ1n) is 5.73. The summed E-state index contributed by atoms with van der Waals surface area (Å²) in [7, 11) is 0. The van der Waals surface area contributed by atoms with E-state index >= 15 is 0 Å². The Morgan fingerprint density at radius 2 is 2.00 bits per heavy atom. The zero-order chi connectivity index (χ0) is 14.0. The molecular formula is C13H13FN2O3. The number of aromatic carboxylic acids is 1. The molecule has 19 heavy (non-hydrogen) atoms. The van der Waals surface area contributed by atoms with Crippen LogP contribution < -0.4 is 4.74 Å². The Labute approximate surface area is 109 Å². The molecule has 1 heterocycles. The smallest absolute Gasteiger partial charge is 0.354 e. The first kappa shape index (κ1) is 13.1. The van der Waals surface area contributed by atoms with Crippen LogP contribution in [0.4, 0.5) is 4.39 Å². The van der Waals surface area contributed by atoms with Gasteiger partial charge in [-0.05, 0) is 38.1 Å². The van der Waals surface area contributed by atoms with Crippen molar-refractivity contribution in [3.05, 3.63) is 42.0 Å². The van der Waals surface area contributed by atoms with Gasteiger partial charge in [0.1, 0.15) is 17.3 Å². The molecule has 0 atom stereocenters. The largest absolute Gasteiger partial charge is 0.477 e. The van der Waals surface area contributed by atoms with Gasteiger partial charge >= 0.3 is 12.0 Å². The van der Waals surface area contributed by atoms with Gasteiger partial charge < -0.3 is 9.84 Å². The highest BCUT2D eigenvalue weighted by atomic mass is 19.1. The molecule has 0 bridgehead atoms. The average Bonchev–Trinajstić information content (AvgIpc) is 2.76. The van der Waals surface area contributed by atoms with Crippen molar-refractivity contribution in [2.75, 3.05) is 0 Å². The number of benzene rings is 1. The fourth-order valence-corrected chi connectivity index (χ4v) is 1.68. The molecule has 0 fully saturated rings. The maximum atomic E-state index is 12.8. The van der Waals surface area contributed by atoms with Gasteiger partial charge in [-0.25, -0.2) is 14.2 Å². The lowest BCUT2D eigenvalue weighted by Gasteiger charge is -2.13. The molecule has 1 aromatic heterocycles. The van der Waals surface area contributed by atoms with E-state index in [0.717, 1.165) is 0 Å². The van der Waals surface area contributed by atoms with E-state index in [4.69, 9.17) is 9.84 Å². The molecule has 6 heteroatoms. The summed E-state index contributed by atoms with van der Waals surface area (Å²) in [6, 6.07) is 5.47. The second-order valence-corrected chi connectivity index (χ2v) is 4.25. The molecular weight excluding hydrogens is 251 g/mol. The molecule has 1 aromatic carbocycles. The Morgan fingerprint density at radius 1 is 1.37 bits per heavy atom. The van der Waals surface area contributed by atoms with Crippen molar-refractivity contribution in [3.63, 3.8) is 0 Å². The molecule has 0 aliphatic rings. The Morgan fingerprint density at radius 3 is 2.53 bits per heavy atom. The number of halogens is 1. The third-order valence-corrected chi connectivity index (χ3v) is 2.52. The minimum Gasteiger partial charge on any atom is -0.477 e. The number of imidazole rings is 1. The predicted molar refractivity (Wildman–Crippen MR) is 66.0 cm³/mol. The molecule has 0 saturated carbocycles. The van der Waals surface area contributed by atoms with Crippen molar-refractivity contribution >= 4 is 5.97 Å². The topological polar surface area (TPSA) is 64.4 Å². The van der Waals surface area contributed by atoms with Gasteiger partial charge in [-0.1, -0.05) is 0 Å². The normalized spacial score (nSPS) is 10.7. The Kier molecular flexibility index (Phi) is 3.50. The number of ether oxygens (including phenoxy) is 1. The summed E-state index contributed by atoms with van der Waals surface area (Å²) >= 11 is 0. The van der Waals surface area contributed by atoms with Gasteiger partial charge in [0.2, 0.25) is 0 Å². The lowest BCUT2D eigenvalue weighted by atomic mass is 10.3. The van der Waals surface area contributed by atoms with Crippen molar-refractivity contribution in [2.24, 2.45) is 0 Å². The van der Waals surface area contributed by atoms with Crippen LogP contribution in [-0.2, 0) is 0 Å². The molecule has 2 aromatic rings. The lowest BCUT2D eigenvalue weighted by Crippen LogP contribution is -2.11. The van der Waals surface area contributed by atoms with Gasteiger partial charge in [-0.2, -0.15) is 0 Å². The Hall–Kier alpha value is -2.37. The first-order chi connectivity index (χ1) is 8.99. The van der Waals surface area contributed by atoms with Crippen LogP contribution in [0.25, 0.3) is 0 Å². The molecule has 0 saturated heterocycles. The van der Waals surface area contributed by atoms with Crippen LogP contribution in [0.2, 0.25) is 0 Å². The van der Waals surface area contributed by atoms with Crippen LogP contribution in [0.15, 0.2) is 30.5 Å². The number of carboxylic acid groups (broad SMARTS) is 1. The van der Waals surface area contributed by atoms with E-state index in [2.05, 4.69) is 4.98 Å². The van der Waals surface area contributed by atoms with E-state index in [1.54, 1.807) is 0 Å². The van der Waals surface area contributed by atoms with E-state index in [9.17, 15) is 9.18 Å². The van der Waals surface area contributed by atoms with Gasteiger partial charge in [0.15, 0.2) is 0 Å². The van der Waals surface area contributed by atoms with Gasteiger partial charge in [-0.3, -0.25) is 4.57 Å². The van der Waals surface area contributed by atoms with Gasteiger partial charge in [0.05, 0.1) is 6.20 Å². The number of rotatable bonds is 4. The maximum Gasteiger partial charge on any atom is 0.354 e. The lowest BCUT2D eigenvalue weighted by molar-refractivity contribution is 0.0682. The summed E-state index contributed by atoms with van der Waals surface area (Å²) in [6.07, 6.45) is 1.24. The number of nitrogens with zero attached hydrogens (tertiary/aromatic N) is 2. The SMILES string of the molecule is CC(C)n1c(C(=O)O)cnc1Oc1ccc(F)cc1. The molecule has 1 N–H and O–H groups in total. The van der Waals surface area contributed by atoms with Gasteiger partial charge in [0, 0.05) is 6.04 Å². The molecule has 0 spiro atoms. The van der Waals surface area contributed by atoms with Crippen molar-refractivity contribution in [1.29, 1.82) is 0 Å². The molecule has 0 aliphatic heterocycles. The minimum absolute atomic E-state index is 0.0483. The van der Waals surface area contributed by atoms with Crippen molar-refractivity contribution in [2.45, 2.75) is 19.9 Å². The van der Waals surface area contributed by atoms with Gasteiger partial charge in [0.25, 0.3) is 0 Å². The van der Waals surface area contributed by atoms with Crippen molar-refractivity contribution in [3.8, 4) is 11.8 Å². The number of hydrogen-bond donors (Lipinski definition) is 1.